The minimum absolute atomic E-state index is 0. The highest BCUT2D eigenvalue weighted by molar-refractivity contribution is 5.99. The van der Waals surface area contributed by atoms with Crippen LogP contribution in [0, 0.1) is 0 Å². The number of primary amides is 1. The number of nitrogens with zero attached hydrogens (tertiary/aromatic N) is 5. The zero-order valence-corrected chi connectivity index (χ0v) is 12.9. The molecule has 9 heteroatoms. The summed E-state index contributed by atoms with van der Waals surface area (Å²) in [7, 11) is 1.72. The number of amides is 1. The predicted molar refractivity (Wildman–Crippen MR) is 85.6 cm³/mol. The van der Waals surface area contributed by atoms with Gasteiger partial charge >= 0.3 is 0 Å². The first-order chi connectivity index (χ1) is 10.6. The van der Waals surface area contributed by atoms with Gasteiger partial charge in [0.1, 0.15) is 11.3 Å². The number of carbonyl (C=O) groups excluding carboxylic acids is 1. The Hall–Kier alpha value is -3.00. The fourth-order valence-corrected chi connectivity index (χ4v) is 2.13. The Bertz CT molecular complexity index is 903. The lowest BCUT2D eigenvalue weighted by molar-refractivity contribution is 0.0999. The van der Waals surface area contributed by atoms with E-state index in [1.54, 1.807) is 31.6 Å². The molecule has 0 spiro atoms. The lowest BCUT2D eigenvalue weighted by atomic mass is 10.0. The molecule has 0 aliphatic rings. The Kier molecular flexibility index (Phi) is 4.56. The number of hydrogen-bond acceptors (Lipinski definition) is 5. The lowest BCUT2D eigenvalue weighted by Crippen LogP contribution is -2.31. The van der Waals surface area contributed by atoms with Gasteiger partial charge in [-0.3, -0.25) is 19.3 Å². The van der Waals surface area contributed by atoms with Gasteiger partial charge in [-0.05, 0) is 6.07 Å². The predicted octanol–water partition coefficient (Wildman–Crippen LogP) is 0.549. The Balaban J connectivity index is 0.00000192. The highest BCUT2D eigenvalue weighted by Gasteiger charge is 2.19. The van der Waals surface area contributed by atoms with Crippen molar-refractivity contribution in [2.75, 3.05) is 0 Å². The molecule has 3 aromatic heterocycles. The topological polar surface area (TPSA) is 109 Å². The highest BCUT2D eigenvalue weighted by Crippen LogP contribution is 2.19. The molecule has 23 heavy (non-hydrogen) atoms. The SMILES string of the molecule is Cl.Cn1cc(-n2ncc(-c3cccnc3)c(C(N)=O)c2=O)cn1. The van der Waals surface area contributed by atoms with E-state index in [9.17, 15) is 9.59 Å². The summed E-state index contributed by atoms with van der Waals surface area (Å²) < 4.78 is 2.62. The molecule has 0 bridgehead atoms. The summed E-state index contributed by atoms with van der Waals surface area (Å²) in [5.74, 6) is -0.816. The molecule has 0 saturated heterocycles. The van der Waals surface area contributed by atoms with Crippen LogP contribution >= 0.6 is 12.4 Å². The Morgan fingerprint density at radius 3 is 2.57 bits per heavy atom. The van der Waals surface area contributed by atoms with Crippen molar-refractivity contribution in [1.82, 2.24) is 24.5 Å². The van der Waals surface area contributed by atoms with Gasteiger partial charge in [0.15, 0.2) is 0 Å². The zero-order chi connectivity index (χ0) is 15.7. The standard InChI is InChI=1S/C14H12N6O2.ClH/c1-19-8-10(6-17-19)20-14(22)12(13(15)21)11(7-18-20)9-3-2-4-16-5-9;/h2-8H,1H3,(H2,15,21);1H. The third kappa shape index (κ3) is 2.97. The Morgan fingerprint density at radius 1 is 1.22 bits per heavy atom. The Morgan fingerprint density at radius 2 is 2.00 bits per heavy atom. The summed E-state index contributed by atoms with van der Waals surface area (Å²) >= 11 is 0. The monoisotopic (exact) mass is 332 g/mol. The molecule has 1 amide bonds. The summed E-state index contributed by atoms with van der Waals surface area (Å²) in [5.41, 5.74) is 6.06. The molecule has 8 nitrogen and oxygen atoms in total. The molecule has 3 heterocycles. The van der Waals surface area contributed by atoms with Crippen molar-refractivity contribution in [2.45, 2.75) is 0 Å². The molecule has 0 fully saturated rings. The van der Waals surface area contributed by atoms with Gasteiger partial charge in [-0.15, -0.1) is 12.4 Å². The summed E-state index contributed by atoms with van der Waals surface area (Å²) in [6.07, 6.45) is 7.65. The van der Waals surface area contributed by atoms with Gasteiger partial charge in [0.25, 0.3) is 11.5 Å². The zero-order valence-electron chi connectivity index (χ0n) is 12.1. The number of aromatic nitrogens is 5. The van der Waals surface area contributed by atoms with Crippen LogP contribution in [0.1, 0.15) is 10.4 Å². The maximum Gasteiger partial charge on any atom is 0.285 e. The van der Waals surface area contributed by atoms with Gasteiger partial charge in [-0.1, -0.05) is 6.07 Å². The van der Waals surface area contributed by atoms with E-state index in [2.05, 4.69) is 15.2 Å². The van der Waals surface area contributed by atoms with Crippen molar-refractivity contribution in [3.63, 3.8) is 0 Å². The molecule has 0 aliphatic carbocycles. The smallest absolute Gasteiger partial charge is 0.285 e. The van der Waals surface area contributed by atoms with E-state index in [4.69, 9.17) is 5.73 Å². The first kappa shape index (κ1) is 16.4. The lowest BCUT2D eigenvalue weighted by Gasteiger charge is -2.08. The molecular formula is C14H13ClN6O2. The number of rotatable bonds is 3. The van der Waals surface area contributed by atoms with Crippen molar-refractivity contribution < 1.29 is 4.79 Å². The van der Waals surface area contributed by atoms with E-state index in [-0.39, 0.29) is 18.0 Å². The molecule has 118 valence electrons. The Labute approximate surface area is 137 Å². The minimum atomic E-state index is -0.816. The molecular weight excluding hydrogens is 320 g/mol. The van der Waals surface area contributed by atoms with E-state index in [0.717, 1.165) is 4.68 Å². The maximum atomic E-state index is 12.6. The van der Waals surface area contributed by atoms with E-state index in [1.807, 2.05) is 0 Å². The van der Waals surface area contributed by atoms with Crippen LogP contribution in [-0.2, 0) is 7.05 Å². The molecule has 0 saturated carbocycles. The molecule has 0 unspecified atom stereocenters. The summed E-state index contributed by atoms with van der Waals surface area (Å²) in [6, 6.07) is 3.43. The van der Waals surface area contributed by atoms with E-state index in [0.29, 0.717) is 16.8 Å². The summed E-state index contributed by atoms with van der Waals surface area (Å²) in [5, 5.41) is 8.08. The average Bonchev–Trinajstić information content (AvgIpc) is 2.93. The van der Waals surface area contributed by atoms with E-state index >= 15 is 0 Å². The van der Waals surface area contributed by atoms with Gasteiger partial charge < -0.3 is 5.73 Å². The van der Waals surface area contributed by atoms with Crippen molar-refractivity contribution in [2.24, 2.45) is 12.8 Å². The molecule has 0 aromatic carbocycles. The van der Waals surface area contributed by atoms with Crippen LogP contribution in [0.3, 0.4) is 0 Å². The number of aryl methyl sites for hydroxylation is 1. The van der Waals surface area contributed by atoms with Gasteiger partial charge in [0.05, 0.1) is 18.6 Å². The van der Waals surface area contributed by atoms with E-state index in [1.165, 1.54) is 23.3 Å². The number of pyridine rings is 1. The maximum absolute atomic E-state index is 12.6. The van der Waals surface area contributed by atoms with Crippen LogP contribution in [0.15, 0.2) is 47.9 Å². The van der Waals surface area contributed by atoms with Gasteiger partial charge in [-0.2, -0.15) is 14.9 Å². The summed E-state index contributed by atoms with van der Waals surface area (Å²) in [4.78, 5) is 28.3. The van der Waals surface area contributed by atoms with Crippen LogP contribution in [0.2, 0.25) is 0 Å². The van der Waals surface area contributed by atoms with Crippen LogP contribution < -0.4 is 11.3 Å². The second kappa shape index (κ2) is 6.41. The number of halogens is 1. The molecule has 3 rings (SSSR count). The van der Waals surface area contributed by atoms with Crippen LogP contribution in [0.5, 0.6) is 0 Å². The fourth-order valence-electron chi connectivity index (χ4n) is 2.13. The third-order valence-corrected chi connectivity index (χ3v) is 3.13. The second-order valence-corrected chi connectivity index (χ2v) is 4.63. The number of nitrogens with two attached hydrogens (primary N) is 1. The van der Waals surface area contributed by atoms with Crippen LogP contribution in [0.4, 0.5) is 0 Å². The number of carbonyl (C=O) groups is 1. The molecule has 3 aromatic rings. The van der Waals surface area contributed by atoms with Crippen LogP contribution in [-0.4, -0.2) is 30.5 Å². The highest BCUT2D eigenvalue weighted by atomic mass is 35.5. The van der Waals surface area contributed by atoms with Crippen molar-refractivity contribution >= 4 is 18.3 Å². The molecule has 0 radical (unpaired) electrons. The fraction of sp³-hybridized carbons (Fsp3) is 0.0714. The molecule has 0 atom stereocenters. The second-order valence-electron chi connectivity index (χ2n) is 4.63. The van der Waals surface area contributed by atoms with Crippen LogP contribution in [0.25, 0.3) is 16.8 Å². The summed E-state index contributed by atoms with van der Waals surface area (Å²) in [6.45, 7) is 0. The van der Waals surface area contributed by atoms with Gasteiger partial charge in [0.2, 0.25) is 0 Å². The van der Waals surface area contributed by atoms with Crippen molar-refractivity contribution in [3.8, 4) is 16.8 Å². The largest absolute Gasteiger partial charge is 0.365 e. The van der Waals surface area contributed by atoms with Crippen molar-refractivity contribution in [1.29, 1.82) is 0 Å². The first-order valence-corrected chi connectivity index (χ1v) is 6.39. The normalized spacial score (nSPS) is 10.1. The van der Waals surface area contributed by atoms with Crippen molar-refractivity contribution in [3.05, 3.63) is 59.0 Å². The number of hydrogen-bond donors (Lipinski definition) is 1. The van der Waals surface area contributed by atoms with Gasteiger partial charge in [0, 0.05) is 30.6 Å². The van der Waals surface area contributed by atoms with Gasteiger partial charge in [-0.25, -0.2) is 0 Å². The molecule has 2 N–H and O–H groups in total. The third-order valence-electron chi connectivity index (χ3n) is 3.13. The minimum Gasteiger partial charge on any atom is -0.365 e. The molecule has 0 aliphatic heterocycles. The average molecular weight is 333 g/mol. The first-order valence-electron chi connectivity index (χ1n) is 6.39. The van der Waals surface area contributed by atoms with E-state index < -0.39 is 11.5 Å². The quantitative estimate of drug-likeness (QED) is 0.753.